The van der Waals surface area contributed by atoms with Gasteiger partial charge in [-0.2, -0.15) is 0 Å². The van der Waals surface area contributed by atoms with Gasteiger partial charge in [0.05, 0.1) is 17.4 Å². The van der Waals surface area contributed by atoms with Crippen LogP contribution >= 0.6 is 0 Å². The van der Waals surface area contributed by atoms with E-state index in [0.717, 1.165) is 29.9 Å². The lowest BCUT2D eigenvalue weighted by Gasteiger charge is -2.25. The zero-order chi connectivity index (χ0) is 21.8. The second-order valence-corrected chi connectivity index (χ2v) is 7.86. The predicted molar refractivity (Wildman–Crippen MR) is 124 cm³/mol. The summed E-state index contributed by atoms with van der Waals surface area (Å²) in [6, 6.07) is 22.7. The van der Waals surface area contributed by atoms with Crippen LogP contribution in [0.25, 0.3) is 0 Å². The largest absolute Gasteiger partial charge is 0.490 e. The number of nitrogens with one attached hydrogen (secondary N) is 1. The third-order valence-corrected chi connectivity index (χ3v) is 5.21. The molecule has 0 radical (unpaired) electrons. The molecule has 0 atom stereocenters. The van der Waals surface area contributed by atoms with Gasteiger partial charge in [0.25, 0.3) is 5.91 Å². The van der Waals surface area contributed by atoms with Crippen LogP contribution in [-0.4, -0.2) is 24.3 Å². The Kier molecular flexibility index (Phi) is 6.03. The van der Waals surface area contributed by atoms with Crippen LogP contribution in [0.1, 0.15) is 47.4 Å². The fraction of sp³-hybridized carbons (Fsp3) is 0.231. The van der Waals surface area contributed by atoms with E-state index in [4.69, 9.17) is 4.74 Å². The summed E-state index contributed by atoms with van der Waals surface area (Å²) in [7, 11) is 0. The van der Waals surface area contributed by atoms with Crippen molar-refractivity contribution in [2.45, 2.75) is 32.8 Å². The van der Waals surface area contributed by atoms with Gasteiger partial charge in [0.15, 0.2) is 5.78 Å². The summed E-state index contributed by atoms with van der Waals surface area (Å²) in [6.45, 7) is 4.64. The number of carbonyl (C=O) groups excluding carboxylic acids is 2. The van der Waals surface area contributed by atoms with Crippen molar-refractivity contribution < 1.29 is 14.3 Å². The lowest BCUT2D eigenvalue weighted by atomic mass is 10.1. The normalized spacial score (nSPS) is 13.5. The molecule has 0 fully saturated rings. The van der Waals surface area contributed by atoms with Crippen LogP contribution in [0.5, 0.6) is 5.75 Å². The highest BCUT2D eigenvalue weighted by molar-refractivity contribution is 6.06. The van der Waals surface area contributed by atoms with Gasteiger partial charge >= 0.3 is 0 Å². The Morgan fingerprint density at radius 3 is 2.45 bits per heavy atom. The molecule has 1 amide bonds. The second kappa shape index (κ2) is 9.04. The molecule has 0 saturated carbocycles. The summed E-state index contributed by atoms with van der Waals surface area (Å²) < 4.78 is 5.76. The molecule has 1 aliphatic heterocycles. The first kappa shape index (κ1) is 20.7. The number of benzene rings is 3. The van der Waals surface area contributed by atoms with Crippen molar-refractivity contribution in [2.75, 3.05) is 16.8 Å². The van der Waals surface area contributed by atoms with E-state index in [1.54, 1.807) is 12.1 Å². The summed E-state index contributed by atoms with van der Waals surface area (Å²) in [6.07, 6.45) is 1.34. The molecule has 1 aliphatic rings. The minimum Gasteiger partial charge on any atom is -0.490 e. The van der Waals surface area contributed by atoms with Gasteiger partial charge in [0, 0.05) is 29.9 Å². The minimum absolute atomic E-state index is 0.0170. The van der Waals surface area contributed by atoms with Gasteiger partial charge in [-0.25, -0.2) is 0 Å². The Hall–Kier alpha value is -3.60. The molecule has 5 nitrogen and oxygen atoms in total. The minimum atomic E-state index is -0.213. The number of carbonyl (C=O) groups is 2. The lowest BCUT2D eigenvalue weighted by Crippen LogP contribution is -2.18. The van der Waals surface area contributed by atoms with Crippen molar-refractivity contribution in [1.29, 1.82) is 0 Å². The quantitative estimate of drug-likeness (QED) is 0.570. The average Bonchev–Trinajstić information content (AvgIpc) is 2.93. The molecule has 3 aromatic carbocycles. The van der Waals surface area contributed by atoms with E-state index in [0.29, 0.717) is 23.4 Å². The maximum atomic E-state index is 12.8. The molecule has 31 heavy (non-hydrogen) atoms. The van der Waals surface area contributed by atoms with Gasteiger partial charge in [-0.3, -0.25) is 9.59 Å². The summed E-state index contributed by atoms with van der Waals surface area (Å²) in [5.74, 6) is 0.538. The zero-order valence-corrected chi connectivity index (χ0v) is 17.8. The summed E-state index contributed by atoms with van der Waals surface area (Å²) in [5, 5.41) is 2.95. The number of ketones is 1. The van der Waals surface area contributed by atoms with Crippen molar-refractivity contribution in [3.63, 3.8) is 0 Å². The number of nitrogens with zero attached hydrogens (tertiary/aromatic N) is 1. The molecule has 0 bridgehead atoms. The maximum Gasteiger partial charge on any atom is 0.259 e. The first-order valence-electron chi connectivity index (χ1n) is 10.6. The summed E-state index contributed by atoms with van der Waals surface area (Å²) in [4.78, 5) is 27.4. The highest BCUT2D eigenvalue weighted by atomic mass is 16.5. The molecule has 1 heterocycles. The van der Waals surface area contributed by atoms with Crippen molar-refractivity contribution >= 4 is 28.8 Å². The molecule has 0 unspecified atom stereocenters. The first-order chi connectivity index (χ1) is 15.0. The number of para-hydroxylation sites is 2. The molecule has 158 valence electrons. The number of fused-ring (bicyclic) bond motifs is 1. The molecule has 0 aromatic heterocycles. The molecule has 0 spiro atoms. The Morgan fingerprint density at radius 1 is 0.968 bits per heavy atom. The lowest BCUT2D eigenvalue weighted by molar-refractivity contribution is 0.0981. The van der Waals surface area contributed by atoms with Crippen LogP contribution in [0.3, 0.4) is 0 Å². The number of hydrogen-bond acceptors (Lipinski definition) is 4. The van der Waals surface area contributed by atoms with Crippen LogP contribution in [0.2, 0.25) is 0 Å². The molecule has 0 saturated heterocycles. The van der Waals surface area contributed by atoms with E-state index in [1.165, 1.54) is 0 Å². The molecule has 0 aliphatic carbocycles. The van der Waals surface area contributed by atoms with E-state index in [9.17, 15) is 9.59 Å². The van der Waals surface area contributed by atoms with Gasteiger partial charge in [-0.1, -0.05) is 24.3 Å². The summed E-state index contributed by atoms with van der Waals surface area (Å²) >= 11 is 0. The van der Waals surface area contributed by atoms with Crippen molar-refractivity contribution in [1.82, 2.24) is 0 Å². The number of Topliss-reactive ketones (excluding diaryl/α,β-unsaturated/α-hetero) is 1. The Bertz CT molecular complexity index is 1090. The van der Waals surface area contributed by atoms with Crippen molar-refractivity contribution in [3.8, 4) is 5.75 Å². The molecule has 3 aromatic rings. The molecule has 1 N–H and O–H groups in total. The van der Waals surface area contributed by atoms with E-state index >= 15 is 0 Å². The van der Waals surface area contributed by atoms with Gasteiger partial charge in [0.1, 0.15) is 5.75 Å². The van der Waals surface area contributed by atoms with Gasteiger partial charge < -0.3 is 15.0 Å². The van der Waals surface area contributed by atoms with E-state index < -0.39 is 0 Å². The maximum absolute atomic E-state index is 12.8. The van der Waals surface area contributed by atoms with Crippen LogP contribution in [0.4, 0.5) is 17.1 Å². The number of rotatable bonds is 5. The number of ether oxygens (including phenoxy) is 1. The van der Waals surface area contributed by atoms with Gasteiger partial charge in [-0.05, 0) is 68.8 Å². The smallest absolute Gasteiger partial charge is 0.259 e. The van der Waals surface area contributed by atoms with E-state index in [1.807, 2.05) is 74.5 Å². The molecule has 4 rings (SSSR count). The molecular weight excluding hydrogens is 388 g/mol. The fourth-order valence-corrected chi connectivity index (χ4v) is 3.80. The van der Waals surface area contributed by atoms with Gasteiger partial charge in [-0.15, -0.1) is 0 Å². The standard InChI is InChI=1S/C26H26N2O3/c1-18(2)31-25-12-6-4-9-22(25)26(30)27-19-13-15-20(16-14-19)28-17-7-11-24(29)21-8-3-5-10-23(21)28/h3-6,8-10,12-16,18H,7,11,17H2,1-2H3,(H,27,30). The average molecular weight is 415 g/mol. The third-order valence-electron chi connectivity index (χ3n) is 5.21. The van der Waals surface area contributed by atoms with Crippen molar-refractivity contribution in [2.24, 2.45) is 0 Å². The Balaban J connectivity index is 1.54. The SMILES string of the molecule is CC(C)Oc1ccccc1C(=O)Nc1ccc(N2CCCC(=O)c3ccccc32)cc1. The molecular formula is C26H26N2O3. The predicted octanol–water partition coefficient (Wildman–Crippen LogP) is 5.84. The number of amides is 1. The summed E-state index contributed by atoms with van der Waals surface area (Å²) in [5.41, 5.74) is 3.89. The Labute approximate surface area is 182 Å². The fourth-order valence-electron chi connectivity index (χ4n) is 3.80. The van der Waals surface area contributed by atoms with Crippen LogP contribution < -0.4 is 15.0 Å². The topological polar surface area (TPSA) is 58.6 Å². The van der Waals surface area contributed by atoms with Gasteiger partial charge in [0.2, 0.25) is 0 Å². The zero-order valence-electron chi connectivity index (χ0n) is 17.8. The number of anilines is 3. The van der Waals surface area contributed by atoms with Crippen LogP contribution in [-0.2, 0) is 0 Å². The first-order valence-corrected chi connectivity index (χ1v) is 10.6. The van der Waals surface area contributed by atoms with Crippen molar-refractivity contribution in [3.05, 3.63) is 83.9 Å². The second-order valence-electron chi connectivity index (χ2n) is 7.86. The van der Waals surface area contributed by atoms with Crippen LogP contribution in [0.15, 0.2) is 72.8 Å². The number of hydrogen-bond donors (Lipinski definition) is 1. The highest BCUT2D eigenvalue weighted by Crippen LogP contribution is 2.33. The van der Waals surface area contributed by atoms with E-state index in [-0.39, 0.29) is 17.8 Å². The Morgan fingerprint density at radius 2 is 1.68 bits per heavy atom. The molecule has 5 heteroatoms. The highest BCUT2D eigenvalue weighted by Gasteiger charge is 2.21. The monoisotopic (exact) mass is 414 g/mol. The van der Waals surface area contributed by atoms with Crippen LogP contribution in [0, 0.1) is 0 Å². The van der Waals surface area contributed by atoms with E-state index in [2.05, 4.69) is 10.2 Å². The third kappa shape index (κ3) is 4.61.